The molecule has 0 spiro atoms. The summed E-state index contributed by atoms with van der Waals surface area (Å²) in [6.45, 7) is 3.35. The normalized spacial score (nSPS) is 13.5. The lowest BCUT2D eigenvalue weighted by Gasteiger charge is -2.43. The van der Waals surface area contributed by atoms with Gasteiger partial charge in [0.25, 0.3) is 0 Å². The van der Waals surface area contributed by atoms with Crippen LogP contribution in [0.15, 0.2) is 97.1 Å². The Kier molecular flexibility index (Phi) is 8.94. The summed E-state index contributed by atoms with van der Waals surface area (Å²) in [6, 6.07) is 26.9. The topological polar surface area (TPSA) is 29.5 Å². The van der Waals surface area contributed by atoms with Gasteiger partial charge >= 0.3 is 0 Å². The monoisotopic (exact) mass is 755 g/mol. The fraction of sp³-hybridized carbons (Fsp3) is 0.0769. The van der Waals surface area contributed by atoms with Crippen molar-refractivity contribution in [3.05, 3.63) is 166 Å². The molecule has 0 atom stereocenters. The van der Waals surface area contributed by atoms with Crippen LogP contribution in [-0.4, -0.2) is 11.4 Å². The minimum absolute atomic E-state index is 0.0800. The predicted octanol–water partition coefficient (Wildman–Crippen LogP) is 7.23. The van der Waals surface area contributed by atoms with Crippen molar-refractivity contribution in [2.45, 2.75) is 19.3 Å². The molecule has 0 saturated carbocycles. The molecule has 270 valence electrons. The molecular weight excluding hydrogens is 732 g/mol. The zero-order valence-corrected chi connectivity index (χ0v) is 28.3. The summed E-state index contributed by atoms with van der Waals surface area (Å²) in [5, 5.41) is 14.7. The highest BCUT2D eigenvalue weighted by Gasteiger charge is 2.47. The Labute approximate surface area is 297 Å². The van der Waals surface area contributed by atoms with Gasteiger partial charge in [0, 0.05) is 21.8 Å². The van der Waals surface area contributed by atoms with Crippen LogP contribution >= 0.6 is 7.92 Å². The van der Waals surface area contributed by atoms with Crippen LogP contribution in [0.1, 0.15) is 25.0 Å². The third-order valence-electron chi connectivity index (χ3n) is 9.63. The molecule has 0 aromatic heterocycles. The molecule has 6 aromatic carbocycles. The lowest BCUT2D eigenvalue weighted by atomic mass is 9.28. The van der Waals surface area contributed by atoms with Gasteiger partial charge in [-0.25, -0.2) is 43.9 Å². The number of hydrogen-bond donors (Lipinski definition) is 1. The summed E-state index contributed by atoms with van der Waals surface area (Å²) in [5.74, 6) is -27.5. The summed E-state index contributed by atoms with van der Waals surface area (Å²) >= 11 is 0. The standard InChI is InChI=1S/C39H23BF10O2P/c1-39(2)21-15-9-17-23(37(21)52-38-22(39)16-10-18-24(38)53(19-11-5-3-6-12-19)20-13-7-4-8-14-20)40(51,25-27(41)31(45)35(49)32(46)28(25)42)26-29(43)33(47)36(50)34(48)30(26)44/h3-18,51H,1-2H3/q-1. The molecule has 0 amide bonds. The number of rotatable bonds is 6. The van der Waals surface area contributed by atoms with Gasteiger partial charge < -0.3 is 9.76 Å². The summed E-state index contributed by atoms with van der Waals surface area (Å²) in [5.41, 5.74) is -6.08. The zero-order valence-electron chi connectivity index (χ0n) is 27.4. The molecule has 1 aliphatic heterocycles. The van der Waals surface area contributed by atoms with Crippen molar-refractivity contribution in [1.29, 1.82) is 0 Å². The molecule has 1 aliphatic rings. The van der Waals surface area contributed by atoms with E-state index >= 15 is 17.6 Å². The van der Waals surface area contributed by atoms with Gasteiger partial charge in [-0.2, -0.15) is 0 Å². The maximum atomic E-state index is 15.8. The second-order valence-corrected chi connectivity index (χ2v) is 15.1. The molecule has 0 unspecified atom stereocenters. The lowest BCUT2D eigenvalue weighted by molar-refractivity contribution is 0.378. The van der Waals surface area contributed by atoms with Crippen molar-refractivity contribution in [2.75, 3.05) is 0 Å². The molecular formula is C39H23BF10O2P-. The Bertz CT molecular complexity index is 2280. The number of benzene rings is 6. The smallest absolute Gasteiger partial charge is 0.211 e. The fourth-order valence-electron chi connectivity index (χ4n) is 7.05. The molecule has 14 heteroatoms. The van der Waals surface area contributed by atoms with E-state index in [0.29, 0.717) is 10.9 Å². The Morgan fingerprint density at radius 2 is 0.849 bits per heavy atom. The van der Waals surface area contributed by atoms with Gasteiger partial charge in [-0.15, -0.1) is 5.46 Å². The van der Waals surface area contributed by atoms with Crippen LogP contribution < -0.4 is 37.0 Å². The molecule has 0 saturated heterocycles. The van der Waals surface area contributed by atoms with Gasteiger partial charge in [-0.05, 0) is 18.5 Å². The minimum Gasteiger partial charge on any atom is -0.594 e. The molecule has 0 bridgehead atoms. The molecule has 53 heavy (non-hydrogen) atoms. The highest BCUT2D eigenvalue weighted by molar-refractivity contribution is 7.80. The van der Waals surface area contributed by atoms with Crippen molar-refractivity contribution in [3.63, 3.8) is 0 Å². The Morgan fingerprint density at radius 1 is 0.472 bits per heavy atom. The predicted molar refractivity (Wildman–Crippen MR) is 183 cm³/mol. The maximum Gasteiger partial charge on any atom is 0.211 e. The first kappa shape index (κ1) is 36.2. The number of hydrogen-bond acceptors (Lipinski definition) is 2. The van der Waals surface area contributed by atoms with Gasteiger partial charge in [0.2, 0.25) is 6.35 Å². The largest absolute Gasteiger partial charge is 0.594 e. The summed E-state index contributed by atoms with van der Waals surface area (Å²) < 4.78 is 158. The van der Waals surface area contributed by atoms with Crippen LogP contribution in [0, 0.1) is 58.2 Å². The van der Waals surface area contributed by atoms with Crippen molar-refractivity contribution in [3.8, 4) is 11.5 Å². The van der Waals surface area contributed by atoms with Crippen LogP contribution in [-0.2, 0) is 5.41 Å². The third-order valence-corrected chi connectivity index (χ3v) is 12.1. The minimum atomic E-state index is -5.32. The second kappa shape index (κ2) is 13.1. The van der Waals surface area contributed by atoms with Crippen LogP contribution in [0.25, 0.3) is 0 Å². The van der Waals surface area contributed by atoms with Crippen molar-refractivity contribution >= 4 is 46.6 Å². The quantitative estimate of drug-likeness (QED) is 0.0640. The Hall–Kier alpha value is -5.13. The first-order chi connectivity index (χ1) is 25.1. The number of fused-ring (bicyclic) bond motifs is 2. The van der Waals surface area contributed by atoms with E-state index in [0.717, 1.165) is 22.7 Å². The van der Waals surface area contributed by atoms with E-state index in [1.54, 1.807) is 32.0 Å². The highest BCUT2D eigenvalue weighted by atomic mass is 31.1. The van der Waals surface area contributed by atoms with Crippen molar-refractivity contribution < 1.29 is 53.7 Å². The summed E-state index contributed by atoms with van der Waals surface area (Å²) in [7, 11) is -1.47. The van der Waals surface area contributed by atoms with Gasteiger partial charge in [-0.1, -0.05) is 122 Å². The van der Waals surface area contributed by atoms with Crippen molar-refractivity contribution in [1.82, 2.24) is 0 Å². The fourth-order valence-corrected chi connectivity index (χ4v) is 9.45. The molecule has 1 heterocycles. The van der Waals surface area contributed by atoms with Gasteiger partial charge in [0.1, 0.15) is 29.0 Å². The average molecular weight is 755 g/mol. The average Bonchev–Trinajstić information content (AvgIpc) is 3.16. The molecule has 1 N–H and O–H groups in total. The second-order valence-electron chi connectivity index (χ2n) is 12.9. The van der Waals surface area contributed by atoms with Gasteiger partial charge in [-0.3, -0.25) is 0 Å². The number of para-hydroxylation sites is 2. The molecule has 0 radical (unpaired) electrons. The number of halogens is 10. The molecule has 0 aliphatic carbocycles. The molecule has 2 nitrogen and oxygen atoms in total. The summed E-state index contributed by atoms with van der Waals surface area (Å²) in [6.07, 6.45) is -5.32. The van der Waals surface area contributed by atoms with E-state index < -0.39 is 100.0 Å². The van der Waals surface area contributed by atoms with Gasteiger partial charge in [0.05, 0.1) is 5.75 Å². The van der Waals surface area contributed by atoms with E-state index in [-0.39, 0.29) is 11.3 Å². The number of ether oxygens (including phenoxy) is 1. The summed E-state index contributed by atoms with van der Waals surface area (Å²) in [4.78, 5) is 0. The first-order valence-corrected chi connectivity index (χ1v) is 17.2. The third kappa shape index (κ3) is 5.35. The zero-order chi connectivity index (χ0) is 38.1. The van der Waals surface area contributed by atoms with Crippen LogP contribution in [0.3, 0.4) is 0 Å². The van der Waals surface area contributed by atoms with E-state index in [4.69, 9.17) is 4.74 Å². The Balaban J connectivity index is 1.59. The van der Waals surface area contributed by atoms with Crippen LogP contribution in [0.4, 0.5) is 43.9 Å². The van der Waals surface area contributed by atoms with E-state index in [1.807, 2.05) is 60.7 Å². The van der Waals surface area contributed by atoms with E-state index in [9.17, 15) is 31.4 Å². The highest BCUT2D eigenvalue weighted by Crippen LogP contribution is 2.50. The van der Waals surface area contributed by atoms with E-state index in [1.165, 1.54) is 6.07 Å². The molecule has 0 fully saturated rings. The van der Waals surface area contributed by atoms with Crippen LogP contribution in [0.5, 0.6) is 11.5 Å². The maximum absolute atomic E-state index is 15.8. The van der Waals surface area contributed by atoms with E-state index in [2.05, 4.69) is 0 Å². The SMILES string of the molecule is CC1(C)c2cccc(P(c3ccccc3)c3ccccc3)c2Oc2c([B-](O)(c3c(F)c(F)c(F)c(F)c3F)c3c(F)c(F)c(F)c(F)c3F)cccc21. The lowest BCUT2D eigenvalue weighted by Crippen LogP contribution is -2.72. The first-order valence-electron chi connectivity index (χ1n) is 15.9. The molecule has 7 rings (SSSR count). The van der Waals surface area contributed by atoms with Crippen molar-refractivity contribution in [2.24, 2.45) is 0 Å². The molecule has 6 aromatic rings. The van der Waals surface area contributed by atoms with Gasteiger partial charge in [0.15, 0.2) is 34.9 Å². The Morgan fingerprint density at radius 3 is 1.28 bits per heavy atom. The van der Waals surface area contributed by atoms with Crippen LogP contribution in [0.2, 0.25) is 0 Å².